The van der Waals surface area contributed by atoms with E-state index in [1.807, 2.05) is 6.92 Å². The van der Waals surface area contributed by atoms with E-state index in [0.29, 0.717) is 18.7 Å². The first-order valence-electron chi connectivity index (χ1n) is 6.53. The Balaban J connectivity index is 2.55. The summed E-state index contributed by atoms with van der Waals surface area (Å²) in [5.74, 6) is 5.46. The number of ether oxygens (including phenoxy) is 1. The minimum Gasteiger partial charge on any atom is -0.395 e. The van der Waals surface area contributed by atoms with Crippen molar-refractivity contribution in [1.29, 1.82) is 0 Å². The summed E-state index contributed by atoms with van der Waals surface area (Å²) < 4.78 is 4.96. The van der Waals surface area contributed by atoms with Gasteiger partial charge in [0.1, 0.15) is 5.69 Å². The molecule has 0 fully saturated rings. The van der Waals surface area contributed by atoms with E-state index in [2.05, 4.69) is 22.1 Å². The van der Waals surface area contributed by atoms with Crippen LogP contribution in [-0.2, 0) is 4.74 Å². The van der Waals surface area contributed by atoms with Gasteiger partial charge in [0, 0.05) is 37.9 Å². The SMILES string of the molecule is COCCC(C)NC(=O)c1ccc(C#CCCO)cn1. The summed E-state index contributed by atoms with van der Waals surface area (Å²) in [5.41, 5.74) is 1.09. The van der Waals surface area contributed by atoms with E-state index < -0.39 is 0 Å². The number of aromatic nitrogens is 1. The molecule has 1 amide bonds. The Labute approximate surface area is 119 Å². The average molecular weight is 276 g/mol. The van der Waals surface area contributed by atoms with Crippen molar-refractivity contribution in [3.63, 3.8) is 0 Å². The lowest BCUT2D eigenvalue weighted by atomic mass is 10.2. The minimum atomic E-state index is -0.205. The fourth-order valence-corrected chi connectivity index (χ4v) is 1.49. The quantitative estimate of drug-likeness (QED) is 0.760. The number of carbonyl (C=O) groups excluding carboxylic acids is 1. The molecule has 20 heavy (non-hydrogen) atoms. The Morgan fingerprint density at radius 1 is 1.55 bits per heavy atom. The van der Waals surface area contributed by atoms with Crippen molar-refractivity contribution < 1.29 is 14.6 Å². The smallest absolute Gasteiger partial charge is 0.270 e. The molecule has 0 aromatic carbocycles. The number of hydrogen-bond donors (Lipinski definition) is 2. The van der Waals surface area contributed by atoms with Gasteiger partial charge in [0.05, 0.1) is 6.61 Å². The maximum absolute atomic E-state index is 11.9. The lowest BCUT2D eigenvalue weighted by Gasteiger charge is -2.12. The zero-order valence-corrected chi connectivity index (χ0v) is 11.8. The van der Waals surface area contributed by atoms with Gasteiger partial charge in [-0.15, -0.1) is 0 Å². The van der Waals surface area contributed by atoms with Gasteiger partial charge in [-0.2, -0.15) is 0 Å². The first-order valence-corrected chi connectivity index (χ1v) is 6.53. The van der Waals surface area contributed by atoms with Crippen molar-refractivity contribution in [2.45, 2.75) is 25.8 Å². The molecule has 1 aromatic heterocycles. The monoisotopic (exact) mass is 276 g/mol. The fourth-order valence-electron chi connectivity index (χ4n) is 1.49. The second-order valence-electron chi connectivity index (χ2n) is 4.36. The molecule has 1 unspecified atom stereocenters. The number of nitrogens with one attached hydrogen (secondary N) is 1. The Kier molecular flexibility index (Phi) is 7.33. The van der Waals surface area contributed by atoms with Crippen LogP contribution in [0.5, 0.6) is 0 Å². The molecule has 1 atom stereocenters. The molecule has 5 heteroatoms. The van der Waals surface area contributed by atoms with Crippen LogP contribution in [0.3, 0.4) is 0 Å². The van der Waals surface area contributed by atoms with Gasteiger partial charge in [0.2, 0.25) is 0 Å². The van der Waals surface area contributed by atoms with Crippen molar-refractivity contribution in [3.8, 4) is 11.8 Å². The van der Waals surface area contributed by atoms with Crippen LogP contribution in [0, 0.1) is 11.8 Å². The topological polar surface area (TPSA) is 71.5 Å². The summed E-state index contributed by atoms with van der Waals surface area (Å²) in [7, 11) is 1.63. The van der Waals surface area contributed by atoms with E-state index in [9.17, 15) is 4.79 Å². The molecule has 2 N–H and O–H groups in total. The van der Waals surface area contributed by atoms with Crippen molar-refractivity contribution in [2.24, 2.45) is 0 Å². The Bertz CT molecular complexity index is 474. The summed E-state index contributed by atoms with van der Waals surface area (Å²) in [6, 6.07) is 3.42. The zero-order valence-electron chi connectivity index (χ0n) is 11.8. The Morgan fingerprint density at radius 2 is 2.35 bits per heavy atom. The summed E-state index contributed by atoms with van der Waals surface area (Å²) in [4.78, 5) is 16.0. The number of rotatable bonds is 6. The third kappa shape index (κ3) is 5.83. The maximum Gasteiger partial charge on any atom is 0.270 e. The molecule has 1 rings (SSSR count). The predicted molar refractivity (Wildman–Crippen MR) is 76.2 cm³/mol. The van der Waals surface area contributed by atoms with E-state index in [0.717, 1.165) is 12.0 Å². The highest BCUT2D eigenvalue weighted by Crippen LogP contribution is 2.01. The molecule has 1 aromatic rings. The van der Waals surface area contributed by atoms with Crippen LogP contribution < -0.4 is 5.32 Å². The van der Waals surface area contributed by atoms with Crippen LogP contribution in [0.25, 0.3) is 0 Å². The second-order valence-corrected chi connectivity index (χ2v) is 4.36. The average Bonchev–Trinajstić information content (AvgIpc) is 2.46. The summed E-state index contributed by atoms with van der Waals surface area (Å²) in [5, 5.41) is 11.5. The van der Waals surface area contributed by atoms with Gasteiger partial charge in [-0.05, 0) is 25.5 Å². The highest BCUT2D eigenvalue weighted by atomic mass is 16.5. The fraction of sp³-hybridized carbons (Fsp3) is 0.467. The lowest BCUT2D eigenvalue weighted by Crippen LogP contribution is -2.33. The number of hydrogen-bond acceptors (Lipinski definition) is 4. The third-order valence-corrected chi connectivity index (χ3v) is 2.60. The molecule has 0 saturated carbocycles. The van der Waals surface area contributed by atoms with Crippen LogP contribution in [-0.4, -0.2) is 42.4 Å². The standard InChI is InChI=1S/C15H20N2O3/c1-12(8-10-20-2)17-15(19)14-7-6-13(11-16-14)5-3-4-9-18/h6-7,11-12,18H,4,8-10H2,1-2H3,(H,17,19). The minimum absolute atomic E-state index is 0.0354. The number of pyridine rings is 1. The molecular formula is C15H20N2O3. The van der Waals surface area contributed by atoms with E-state index in [-0.39, 0.29) is 18.6 Å². The van der Waals surface area contributed by atoms with Crippen LogP contribution in [0.1, 0.15) is 35.8 Å². The van der Waals surface area contributed by atoms with Gasteiger partial charge in [0.15, 0.2) is 0 Å². The molecule has 108 valence electrons. The van der Waals surface area contributed by atoms with Crippen molar-refractivity contribution in [2.75, 3.05) is 20.3 Å². The van der Waals surface area contributed by atoms with Gasteiger partial charge in [-0.3, -0.25) is 4.79 Å². The highest BCUT2D eigenvalue weighted by Gasteiger charge is 2.10. The lowest BCUT2D eigenvalue weighted by molar-refractivity contribution is 0.0924. The number of nitrogens with zero attached hydrogens (tertiary/aromatic N) is 1. The molecule has 0 spiro atoms. The van der Waals surface area contributed by atoms with E-state index >= 15 is 0 Å². The van der Waals surface area contributed by atoms with Crippen LogP contribution >= 0.6 is 0 Å². The largest absolute Gasteiger partial charge is 0.395 e. The molecule has 0 aliphatic carbocycles. The highest BCUT2D eigenvalue weighted by molar-refractivity contribution is 5.92. The third-order valence-electron chi connectivity index (χ3n) is 2.60. The van der Waals surface area contributed by atoms with Crippen molar-refractivity contribution in [1.82, 2.24) is 10.3 Å². The van der Waals surface area contributed by atoms with E-state index in [1.54, 1.807) is 25.4 Å². The number of aliphatic hydroxyl groups is 1. The zero-order chi connectivity index (χ0) is 14.8. The van der Waals surface area contributed by atoms with Gasteiger partial charge in [-0.25, -0.2) is 4.98 Å². The Morgan fingerprint density at radius 3 is 2.95 bits per heavy atom. The number of amides is 1. The van der Waals surface area contributed by atoms with Gasteiger partial charge < -0.3 is 15.2 Å². The van der Waals surface area contributed by atoms with Crippen LogP contribution in [0.15, 0.2) is 18.3 Å². The summed E-state index contributed by atoms with van der Waals surface area (Å²) >= 11 is 0. The van der Waals surface area contributed by atoms with Crippen LogP contribution in [0.4, 0.5) is 0 Å². The summed E-state index contributed by atoms with van der Waals surface area (Å²) in [6.07, 6.45) is 2.74. The molecule has 5 nitrogen and oxygen atoms in total. The second kappa shape index (κ2) is 9.08. The predicted octanol–water partition coefficient (Wildman–Crippen LogP) is 0.970. The first-order chi connectivity index (χ1) is 9.67. The normalized spacial score (nSPS) is 11.3. The molecule has 0 aliphatic rings. The van der Waals surface area contributed by atoms with Crippen molar-refractivity contribution >= 4 is 5.91 Å². The molecule has 0 bridgehead atoms. The summed E-state index contributed by atoms with van der Waals surface area (Å²) in [6.45, 7) is 2.57. The molecule has 0 radical (unpaired) electrons. The van der Waals surface area contributed by atoms with Crippen molar-refractivity contribution in [3.05, 3.63) is 29.6 Å². The van der Waals surface area contributed by atoms with Gasteiger partial charge >= 0.3 is 0 Å². The van der Waals surface area contributed by atoms with E-state index in [1.165, 1.54) is 0 Å². The number of carbonyl (C=O) groups is 1. The Hall–Kier alpha value is -1.90. The molecule has 1 heterocycles. The number of aliphatic hydroxyl groups excluding tert-OH is 1. The van der Waals surface area contributed by atoms with Crippen LogP contribution in [0.2, 0.25) is 0 Å². The molecular weight excluding hydrogens is 256 g/mol. The molecule has 0 saturated heterocycles. The van der Waals surface area contributed by atoms with E-state index in [4.69, 9.17) is 9.84 Å². The van der Waals surface area contributed by atoms with Gasteiger partial charge in [-0.1, -0.05) is 11.8 Å². The number of methoxy groups -OCH3 is 1. The van der Waals surface area contributed by atoms with Gasteiger partial charge in [0.25, 0.3) is 5.91 Å². The maximum atomic E-state index is 11.9. The first kappa shape index (κ1) is 16.2. The molecule has 0 aliphatic heterocycles.